The molecule has 32 heavy (non-hydrogen) atoms. The van der Waals surface area contributed by atoms with Gasteiger partial charge in [-0.05, 0) is 42.0 Å². The maximum absolute atomic E-state index is 14.0. The number of ether oxygens (including phenoxy) is 1. The number of amides is 1. The van der Waals surface area contributed by atoms with Gasteiger partial charge < -0.3 is 10.1 Å². The highest BCUT2D eigenvalue weighted by atomic mass is 32.2. The van der Waals surface area contributed by atoms with Crippen LogP contribution in [-0.4, -0.2) is 45.5 Å². The van der Waals surface area contributed by atoms with Crippen LogP contribution in [0.3, 0.4) is 0 Å². The first-order chi connectivity index (χ1) is 15.4. The number of halogens is 1. The molecule has 6 nitrogen and oxygen atoms in total. The van der Waals surface area contributed by atoms with Crippen molar-refractivity contribution in [2.75, 3.05) is 25.2 Å². The molecular weight excluding hydrogens is 451 g/mol. The Morgan fingerprint density at radius 1 is 1.06 bits per heavy atom. The highest BCUT2D eigenvalue weighted by Gasteiger charge is 2.27. The summed E-state index contributed by atoms with van der Waals surface area (Å²) in [4.78, 5) is 12.2. The van der Waals surface area contributed by atoms with Gasteiger partial charge in [-0.25, -0.2) is 12.8 Å². The first-order valence-corrected chi connectivity index (χ1v) is 12.9. The third-order valence-electron chi connectivity index (χ3n) is 4.76. The van der Waals surface area contributed by atoms with E-state index in [-0.39, 0.29) is 19.6 Å². The predicted molar refractivity (Wildman–Crippen MR) is 126 cm³/mol. The Kier molecular flexibility index (Phi) is 8.49. The monoisotopic (exact) mass is 476 g/mol. The summed E-state index contributed by atoms with van der Waals surface area (Å²) in [5.74, 6) is -0.0887. The fraction of sp³-hybridized carbons (Fsp3) is 0.261. The van der Waals surface area contributed by atoms with Gasteiger partial charge in [0.2, 0.25) is 15.9 Å². The van der Waals surface area contributed by atoms with E-state index in [0.717, 1.165) is 16.8 Å². The molecule has 0 aliphatic rings. The average molecular weight is 477 g/mol. The molecule has 0 aliphatic carbocycles. The Morgan fingerprint density at radius 3 is 2.56 bits per heavy atom. The number of sulfonamides is 1. The van der Waals surface area contributed by atoms with Crippen LogP contribution in [0, 0.1) is 5.82 Å². The largest absolute Gasteiger partial charge is 0.491 e. The van der Waals surface area contributed by atoms with Gasteiger partial charge in [0.25, 0.3) is 0 Å². The molecule has 0 aliphatic heterocycles. The van der Waals surface area contributed by atoms with Gasteiger partial charge in [-0.1, -0.05) is 48.5 Å². The highest BCUT2D eigenvalue weighted by molar-refractivity contribution is 7.98. The molecule has 0 radical (unpaired) electrons. The summed E-state index contributed by atoms with van der Waals surface area (Å²) < 4.78 is 47.3. The number of hydrogen-bond acceptors (Lipinski definition) is 5. The van der Waals surface area contributed by atoms with Crippen LogP contribution in [0.25, 0.3) is 10.8 Å². The normalized spacial score (nSPS) is 12.4. The second kappa shape index (κ2) is 11.3. The second-order valence-corrected chi connectivity index (χ2v) is 9.67. The van der Waals surface area contributed by atoms with Crippen molar-refractivity contribution < 1.29 is 22.3 Å². The van der Waals surface area contributed by atoms with E-state index in [0.29, 0.717) is 11.5 Å². The molecule has 3 rings (SSSR count). The molecule has 0 heterocycles. The number of carbonyl (C=O) groups excluding carboxylic acids is 1. The van der Waals surface area contributed by atoms with E-state index in [4.69, 9.17) is 4.74 Å². The molecular formula is C23H25FN2O4S2. The Hall–Kier alpha value is -2.62. The van der Waals surface area contributed by atoms with Crippen molar-refractivity contribution in [2.24, 2.45) is 0 Å². The molecule has 1 amide bonds. The van der Waals surface area contributed by atoms with Crippen LogP contribution in [0.5, 0.6) is 5.75 Å². The van der Waals surface area contributed by atoms with Crippen molar-refractivity contribution >= 4 is 38.5 Å². The number of benzene rings is 3. The topological polar surface area (TPSA) is 84.5 Å². The first-order valence-electron chi connectivity index (χ1n) is 10.1. The number of nitrogens with one attached hydrogen (secondary N) is 2. The Labute approximate surface area is 191 Å². The third kappa shape index (κ3) is 6.21. The van der Waals surface area contributed by atoms with Crippen LogP contribution in [0.4, 0.5) is 4.39 Å². The summed E-state index contributed by atoms with van der Waals surface area (Å²) in [6, 6.07) is 17.6. The van der Waals surface area contributed by atoms with Crippen LogP contribution in [0.2, 0.25) is 0 Å². The molecule has 1 atom stereocenters. The lowest BCUT2D eigenvalue weighted by Gasteiger charge is -2.18. The van der Waals surface area contributed by atoms with E-state index < -0.39 is 32.7 Å². The predicted octanol–water partition coefficient (Wildman–Crippen LogP) is 3.57. The minimum atomic E-state index is -4.19. The SMILES string of the molecule is CSCCC(NS(=O)(=O)c1ccccc1F)C(=O)NCCOc1cccc2ccccc12. The highest BCUT2D eigenvalue weighted by Crippen LogP contribution is 2.24. The lowest BCUT2D eigenvalue weighted by molar-refractivity contribution is -0.122. The van der Waals surface area contributed by atoms with E-state index in [2.05, 4.69) is 10.0 Å². The Balaban J connectivity index is 1.60. The Bertz CT molecular complexity index is 1170. The molecule has 9 heteroatoms. The van der Waals surface area contributed by atoms with Crippen LogP contribution in [-0.2, 0) is 14.8 Å². The fourth-order valence-electron chi connectivity index (χ4n) is 3.17. The van der Waals surface area contributed by atoms with Crippen LogP contribution >= 0.6 is 11.8 Å². The van der Waals surface area contributed by atoms with E-state index in [1.54, 1.807) is 0 Å². The van der Waals surface area contributed by atoms with Crippen molar-refractivity contribution in [2.45, 2.75) is 17.4 Å². The van der Waals surface area contributed by atoms with Crippen molar-refractivity contribution in [1.82, 2.24) is 10.0 Å². The van der Waals surface area contributed by atoms with Gasteiger partial charge in [-0.15, -0.1) is 0 Å². The minimum absolute atomic E-state index is 0.194. The fourth-order valence-corrected chi connectivity index (χ4v) is 4.95. The lowest BCUT2D eigenvalue weighted by Crippen LogP contribution is -2.47. The van der Waals surface area contributed by atoms with E-state index in [1.807, 2.05) is 48.7 Å². The lowest BCUT2D eigenvalue weighted by atomic mass is 10.1. The molecule has 1 unspecified atom stereocenters. The number of rotatable bonds is 11. The molecule has 0 saturated carbocycles. The number of thioether (sulfide) groups is 1. The van der Waals surface area contributed by atoms with Gasteiger partial charge in [-0.2, -0.15) is 16.5 Å². The molecule has 170 valence electrons. The first kappa shape index (κ1) is 24.0. The van der Waals surface area contributed by atoms with Gasteiger partial charge in [-0.3, -0.25) is 4.79 Å². The Morgan fingerprint density at radius 2 is 1.78 bits per heavy atom. The smallest absolute Gasteiger partial charge is 0.244 e. The minimum Gasteiger partial charge on any atom is -0.491 e. The van der Waals surface area contributed by atoms with Crippen molar-refractivity contribution in [1.29, 1.82) is 0 Å². The number of fused-ring (bicyclic) bond motifs is 1. The molecule has 0 fully saturated rings. The van der Waals surface area contributed by atoms with E-state index in [1.165, 1.54) is 30.0 Å². The molecule has 3 aromatic rings. The summed E-state index contributed by atoms with van der Waals surface area (Å²) >= 11 is 1.49. The molecule has 3 aromatic carbocycles. The zero-order valence-electron chi connectivity index (χ0n) is 17.6. The molecule has 0 spiro atoms. The summed E-state index contributed by atoms with van der Waals surface area (Å²) in [5.41, 5.74) is 0. The zero-order chi connectivity index (χ0) is 23.0. The van der Waals surface area contributed by atoms with Gasteiger partial charge in [0.15, 0.2) is 0 Å². The molecule has 0 aromatic heterocycles. The van der Waals surface area contributed by atoms with E-state index >= 15 is 0 Å². The standard InChI is InChI=1S/C23H25FN2O4S2/c1-31-16-13-20(26-32(28,29)22-12-5-4-10-19(22)24)23(27)25-14-15-30-21-11-6-8-17-7-2-3-9-18(17)21/h2-12,20,26H,13-16H2,1H3,(H,25,27). The van der Waals surface area contributed by atoms with Crippen LogP contribution in [0.15, 0.2) is 71.6 Å². The number of carbonyl (C=O) groups is 1. The summed E-state index contributed by atoms with van der Waals surface area (Å²) in [6.45, 7) is 0.411. The summed E-state index contributed by atoms with van der Waals surface area (Å²) in [6.07, 6.45) is 2.13. The molecule has 2 N–H and O–H groups in total. The van der Waals surface area contributed by atoms with Gasteiger partial charge in [0, 0.05) is 5.39 Å². The zero-order valence-corrected chi connectivity index (χ0v) is 19.2. The molecule has 0 saturated heterocycles. The average Bonchev–Trinajstić information content (AvgIpc) is 2.79. The maximum Gasteiger partial charge on any atom is 0.244 e. The number of hydrogen-bond donors (Lipinski definition) is 2. The van der Waals surface area contributed by atoms with E-state index in [9.17, 15) is 17.6 Å². The van der Waals surface area contributed by atoms with Crippen molar-refractivity contribution in [3.05, 3.63) is 72.5 Å². The van der Waals surface area contributed by atoms with Gasteiger partial charge in [0.05, 0.1) is 6.54 Å². The van der Waals surface area contributed by atoms with Gasteiger partial charge >= 0.3 is 0 Å². The van der Waals surface area contributed by atoms with Crippen molar-refractivity contribution in [3.8, 4) is 5.75 Å². The van der Waals surface area contributed by atoms with Crippen molar-refractivity contribution in [3.63, 3.8) is 0 Å². The summed E-state index contributed by atoms with van der Waals surface area (Å²) in [7, 11) is -4.19. The molecule has 0 bridgehead atoms. The van der Waals surface area contributed by atoms with Crippen LogP contribution in [0.1, 0.15) is 6.42 Å². The second-order valence-electron chi connectivity index (χ2n) is 7.00. The van der Waals surface area contributed by atoms with Gasteiger partial charge in [0.1, 0.15) is 29.1 Å². The summed E-state index contributed by atoms with van der Waals surface area (Å²) in [5, 5.41) is 4.72. The third-order valence-corrected chi connectivity index (χ3v) is 6.91. The van der Waals surface area contributed by atoms with Crippen LogP contribution < -0.4 is 14.8 Å². The maximum atomic E-state index is 14.0. The quantitative estimate of drug-likeness (QED) is 0.414.